The lowest BCUT2D eigenvalue weighted by molar-refractivity contribution is -0.140. The lowest BCUT2D eigenvalue weighted by Crippen LogP contribution is -2.29. The van der Waals surface area contributed by atoms with Crippen LogP contribution in [0, 0.1) is 0 Å². The quantitative estimate of drug-likeness (QED) is 0.364. The van der Waals surface area contributed by atoms with Crippen molar-refractivity contribution in [1.29, 1.82) is 0 Å². The molecule has 0 radical (unpaired) electrons. The van der Waals surface area contributed by atoms with Crippen LogP contribution in [0.25, 0.3) is 5.76 Å². The predicted octanol–water partition coefficient (Wildman–Crippen LogP) is 3.72. The number of hydrogen-bond donors (Lipinski definition) is 1. The molecule has 1 saturated heterocycles. The Morgan fingerprint density at radius 2 is 1.75 bits per heavy atom. The molecule has 1 aliphatic rings. The predicted molar refractivity (Wildman–Crippen MR) is 118 cm³/mol. The van der Waals surface area contributed by atoms with Gasteiger partial charge in [0, 0.05) is 24.5 Å². The molecule has 162 valence electrons. The summed E-state index contributed by atoms with van der Waals surface area (Å²) in [5.41, 5.74) is 1.87. The number of rotatable bonds is 6. The number of methoxy groups -OCH3 is 2. The second-order valence-electron chi connectivity index (χ2n) is 7.29. The maximum Gasteiger partial charge on any atom is 0.295 e. The largest absolute Gasteiger partial charge is 0.507 e. The zero-order valence-electron chi connectivity index (χ0n) is 17.7. The van der Waals surface area contributed by atoms with Gasteiger partial charge < -0.3 is 19.5 Å². The van der Waals surface area contributed by atoms with Crippen LogP contribution in [-0.4, -0.2) is 40.9 Å². The number of nitrogens with zero attached hydrogens (tertiary/aromatic N) is 2. The zero-order valence-corrected chi connectivity index (χ0v) is 17.7. The van der Waals surface area contributed by atoms with Crippen LogP contribution in [0.4, 0.5) is 0 Å². The molecule has 1 unspecified atom stereocenters. The van der Waals surface area contributed by atoms with Crippen LogP contribution in [0.15, 0.2) is 78.6 Å². The third-order valence-electron chi connectivity index (χ3n) is 5.39. The molecule has 1 atom stereocenters. The Morgan fingerprint density at radius 1 is 1.00 bits per heavy atom. The van der Waals surface area contributed by atoms with Gasteiger partial charge in [-0.25, -0.2) is 0 Å². The van der Waals surface area contributed by atoms with Gasteiger partial charge in [0.25, 0.3) is 11.7 Å². The molecular weight excluding hydrogens is 408 g/mol. The summed E-state index contributed by atoms with van der Waals surface area (Å²) in [6, 6.07) is 16.6. The van der Waals surface area contributed by atoms with Crippen LogP contribution in [0.2, 0.25) is 0 Å². The second-order valence-corrected chi connectivity index (χ2v) is 7.29. The number of aromatic nitrogens is 1. The van der Waals surface area contributed by atoms with Gasteiger partial charge in [-0.1, -0.05) is 18.2 Å². The molecule has 0 spiro atoms. The summed E-state index contributed by atoms with van der Waals surface area (Å²) in [5, 5.41) is 11.1. The zero-order chi connectivity index (χ0) is 22.7. The molecule has 7 heteroatoms. The molecule has 4 rings (SSSR count). The third-order valence-corrected chi connectivity index (χ3v) is 5.39. The topological polar surface area (TPSA) is 89.0 Å². The molecule has 0 aliphatic carbocycles. The third kappa shape index (κ3) is 3.92. The van der Waals surface area contributed by atoms with E-state index >= 15 is 0 Å². The maximum absolute atomic E-state index is 13.1. The number of carbonyl (C=O) groups excluding carboxylic acids is 2. The molecule has 1 fully saturated rings. The fraction of sp³-hybridized carbons (Fsp3) is 0.160. The fourth-order valence-electron chi connectivity index (χ4n) is 3.79. The minimum atomic E-state index is -0.785. The van der Waals surface area contributed by atoms with Crippen LogP contribution in [-0.2, 0) is 16.1 Å². The van der Waals surface area contributed by atoms with Gasteiger partial charge in [0.1, 0.15) is 17.3 Å². The van der Waals surface area contributed by atoms with E-state index in [1.54, 1.807) is 81.2 Å². The summed E-state index contributed by atoms with van der Waals surface area (Å²) < 4.78 is 10.5. The Kier molecular flexibility index (Phi) is 5.89. The highest BCUT2D eigenvalue weighted by Gasteiger charge is 2.46. The van der Waals surface area contributed by atoms with E-state index in [-0.39, 0.29) is 17.9 Å². The van der Waals surface area contributed by atoms with Gasteiger partial charge >= 0.3 is 0 Å². The molecule has 32 heavy (non-hydrogen) atoms. The molecular formula is C25H22N2O5. The first-order valence-electron chi connectivity index (χ1n) is 9.99. The number of aliphatic hydroxyl groups excluding tert-OH is 1. The van der Waals surface area contributed by atoms with Crippen molar-refractivity contribution >= 4 is 17.4 Å². The van der Waals surface area contributed by atoms with Gasteiger partial charge in [-0.2, -0.15) is 0 Å². The Bertz CT molecular complexity index is 1170. The second kappa shape index (κ2) is 8.93. The van der Waals surface area contributed by atoms with E-state index < -0.39 is 17.7 Å². The maximum atomic E-state index is 13.1. The monoisotopic (exact) mass is 430 g/mol. The van der Waals surface area contributed by atoms with Crippen molar-refractivity contribution in [2.75, 3.05) is 14.2 Å². The molecule has 1 aliphatic heterocycles. The van der Waals surface area contributed by atoms with Crippen LogP contribution in [0.5, 0.6) is 11.5 Å². The standard InChI is InChI=1S/C25H22N2O5/c1-31-19-10-8-17(9-11-19)23(28)21-22(18-6-3-7-20(13-18)32-2)27(25(30)24(21)29)15-16-5-4-12-26-14-16/h3-14,22,28H,15H2,1-2H3/b23-21-. The number of amides is 1. The Labute approximate surface area is 185 Å². The molecule has 0 bridgehead atoms. The molecule has 1 aromatic heterocycles. The van der Waals surface area contributed by atoms with E-state index in [1.807, 2.05) is 6.07 Å². The normalized spacial score (nSPS) is 17.4. The van der Waals surface area contributed by atoms with Gasteiger partial charge in [0.2, 0.25) is 0 Å². The van der Waals surface area contributed by atoms with Gasteiger partial charge in [-0.3, -0.25) is 14.6 Å². The number of carbonyl (C=O) groups is 2. The molecule has 1 amide bonds. The number of ether oxygens (including phenoxy) is 2. The van der Waals surface area contributed by atoms with Crippen molar-refractivity contribution in [3.05, 3.63) is 95.3 Å². The summed E-state index contributed by atoms with van der Waals surface area (Å²) in [6.07, 6.45) is 3.28. The van der Waals surface area contributed by atoms with Gasteiger partial charge in [0.15, 0.2) is 0 Å². The summed E-state index contributed by atoms with van der Waals surface area (Å²) in [4.78, 5) is 31.7. The number of likely N-dealkylation sites (tertiary alicyclic amines) is 1. The van der Waals surface area contributed by atoms with Crippen molar-refractivity contribution in [3.63, 3.8) is 0 Å². The smallest absolute Gasteiger partial charge is 0.295 e. The number of ketones is 1. The first kappa shape index (κ1) is 21.1. The number of Topliss-reactive ketones (excluding diaryl/α,β-unsaturated/α-hetero) is 1. The highest BCUT2D eigenvalue weighted by molar-refractivity contribution is 6.46. The lowest BCUT2D eigenvalue weighted by atomic mass is 9.95. The number of pyridine rings is 1. The van der Waals surface area contributed by atoms with E-state index in [4.69, 9.17) is 9.47 Å². The van der Waals surface area contributed by atoms with Crippen LogP contribution in [0.3, 0.4) is 0 Å². The summed E-state index contributed by atoms with van der Waals surface area (Å²) in [5.74, 6) is -0.471. The highest BCUT2D eigenvalue weighted by Crippen LogP contribution is 2.41. The minimum Gasteiger partial charge on any atom is -0.507 e. The van der Waals surface area contributed by atoms with Gasteiger partial charge in [-0.15, -0.1) is 0 Å². The molecule has 2 aromatic carbocycles. The number of aliphatic hydroxyl groups is 1. The van der Waals surface area contributed by atoms with E-state index in [2.05, 4.69) is 4.98 Å². The Hall–Kier alpha value is -4.13. The first-order chi connectivity index (χ1) is 15.5. The van der Waals surface area contributed by atoms with Gasteiger partial charge in [0.05, 0.1) is 25.8 Å². The van der Waals surface area contributed by atoms with Crippen LogP contribution < -0.4 is 9.47 Å². The van der Waals surface area contributed by atoms with Crippen molar-refractivity contribution in [2.24, 2.45) is 0 Å². The molecule has 0 saturated carbocycles. The van der Waals surface area contributed by atoms with Gasteiger partial charge in [-0.05, 0) is 53.6 Å². The molecule has 3 aromatic rings. The highest BCUT2D eigenvalue weighted by atomic mass is 16.5. The summed E-state index contributed by atoms with van der Waals surface area (Å²) in [7, 11) is 3.09. The molecule has 1 N–H and O–H groups in total. The van der Waals surface area contributed by atoms with Crippen molar-refractivity contribution < 1.29 is 24.2 Å². The summed E-state index contributed by atoms with van der Waals surface area (Å²) in [6.45, 7) is 0.166. The summed E-state index contributed by atoms with van der Waals surface area (Å²) >= 11 is 0. The van der Waals surface area contributed by atoms with Crippen molar-refractivity contribution in [3.8, 4) is 11.5 Å². The number of hydrogen-bond acceptors (Lipinski definition) is 6. The van der Waals surface area contributed by atoms with E-state index in [9.17, 15) is 14.7 Å². The van der Waals surface area contributed by atoms with Crippen molar-refractivity contribution in [1.82, 2.24) is 9.88 Å². The molecule has 7 nitrogen and oxygen atoms in total. The van der Waals surface area contributed by atoms with Crippen LogP contribution in [0.1, 0.15) is 22.7 Å². The average Bonchev–Trinajstić information content (AvgIpc) is 3.09. The first-order valence-corrected chi connectivity index (χ1v) is 9.99. The van der Waals surface area contributed by atoms with E-state index in [0.717, 1.165) is 5.56 Å². The minimum absolute atomic E-state index is 0.0253. The average molecular weight is 430 g/mol. The van der Waals surface area contributed by atoms with E-state index in [1.165, 1.54) is 4.90 Å². The number of benzene rings is 2. The fourth-order valence-corrected chi connectivity index (χ4v) is 3.79. The van der Waals surface area contributed by atoms with Crippen LogP contribution >= 0.6 is 0 Å². The Morgan fingerprint density at radius 3 is 2.41 bits per heavy atom. The van der Waals surface area contributed by atoms with Crippen molar-refractivity contribution in [2.45, 2.75) is 12.6 Å². The SMILES string of the molecule is COc1ccc(/C(O)=C2/C(=O)C(=O)N(Cc3cccnc3)C2c2cccc(OC)c2)cc1. The van der Waals surface area contributed by atoms with E-state index in [0.29, 0.717) is 22.6 Å². The molecule has 2 heterocycles. The Balaban J connectivity index is 1.85. The lowest BCUT2D eigenvalue weighted by Gasteiger charge is -2.25.